The normalized spacial score (nSPS) is 12.3. The Bertz CT molecular complexity index is 3170. The van der Waals surface area contributed by atoms with Crippen LogP contribution < -0.4 is 0 Å². The quantitative estimate of drug-likeness (QED) is 0.175. The van der Waals surface area contributed by atoms with Crippen molar-refractivity contribution in [3.8, 4) is 45.0 Å². The molecule has 0 atom stereocenters. The van der Waals surface area contributed by atoms with Crippen LogP contribution in [0.15, 0.2) is 164 Å². The molecule has 6 aromatic carbocycles. The molecule has 10 rings (SSSR count). The molecule has 0 aliphatic carbocycles. The Morgan fingerprint density at radius 1 is 0.424 bits per heavy atom. The van der Waals surface area contributed by atoms with Crippen LogP contribution in [0.5, 0.6) is 0 Å². The van der Waals surface area contributed by atoms with E-state index in [-0.39, 0.29) is 10.8 Å². The van der Waals surface area contributed by atoms with Crippen LogP contribution in [-0.4, -0.2) is 19.1 Å². The maximum absolute atomic E-state index is 5.21. The van der Waals surface area contributed by atoms with Gasteiger partial charge < -0.3 is 9.13 Å². The van der Waals surface area contributed by atoms with Gasteiger partial charge in [0.2, 0.25) is 0 Å². The van der Waals surface area contributed by atoms with Crippen LogP contribution in [0.3, 0.4) is 0 Å². The first-order valence-corrected chi connectivity index (χ1v) is 20.7. The lowest BCUT2D eigenvalue weighted by molar-refractivity contribution is 0.591. The van der Waals surface area contributed by atoms with Crippen molar-refractivity contribution in [3.05, 3.63) is 181 Å². The van der Waals surface area contributed by atoms with Gasteiger partial charge in [-0.3, -0.25) is 9.97 Å². The second kappa shape index (κ2) is 13.7. The number of pyridine rings is 2. The first-order chi connectivity index (χ1) is 28.5. The molecule has 0 fully saturated rings. The summed E-state index contributed by atoms with van der Waals surface area (Å²) in [6, 6.07) is 55.2. The Labute approximate surface area is 346 Å². The molecule has 0 bridgehead atoms. The Hall–Kier alpha value is -6.78. The lowest BCUT2D eigenvalue weighted by Crippen LogP contribution is -2.15. The highest BCUT2D eigenvalue weighted by Gasteiger charge is 2.25. The third-order valence-corrected chi connectivity index (χ3v) is 12.0. The molecule has 0 spiro atoms. The zero-order valence-corrected chi connectivity index (χ0v) is 34.9. The molecular weight excluding hydrogens is 717 g/mol. The standard InChI is InChI=1S/C55H48N4/c1-35-23-30-51-42(31-35)41-17-10-11-19-48(41)58(51)38-26-27-44(54(2,3)4)43(32-38)46-28-24-36(33-56-46)37-25-29-47(57-34-37)53-45(55(5,6)7)18-14-22-52(53)59-49-20-12-8-15-39(49)40-16-9-13-21-50(40)59/h8-34H,1-7H3. The van der Waals surface area contributed by atoms with Crippen LogP contribution in [0.4, 0.5) is 0 Å². The fraction of sp³-hybridized carbons (Fsp3) is 0.164. The number of nitrogens with zero attached hydrogens (tertiary/aromatic N) is 4. The molecule has 4 aromatic heterocycles. The minimum Gasteiger partial charge on any atom is -0.309 e. The van der Waals surface area contributed by atoms with Gasteiger partial charge in [0.05, 0.1) is 39.1 Å². The van der Waals surface area contributed by atoms with Crippen LogP contribution in [0.25, 0.3) is 88.6 Å². The van der Waals surface area contributed by atoms with Crippen molar-refractivity contribution in [3.63, 3.8) is 0 Å². The molecule has 288 valence electrons. The number of para-hydroxylation sites is 3. The van der Waals surface area contributed by atoms with E-state index in [4.69, 9.17) is 9.97 Å². The highest BCUT2D eigenvalue weighted by Crippen LogP contribution is 2.42. The molecule has 0 radical (unpaired) electrons. The van der Waals surface area contributed by atoms with Gasteiger partial charge in [-0.15, -0.1) is 0 Å². The van der Waals surface area contributed by atoms with E-state index in [2.05, 4.69) is 209 Å². The van der Waals surface area contributed by atoms with E-state index in [9.17, 15) is 0 Å². The number of hydrogen-bond acceptors (Lipinski definition) is 2. The first kappa shape index (κ1) is 36.6. The molecule has 0 unspecified atom stereocenters. The number of aromatic nitrogens is 4. The molecule has 0 amide bonds. The molecule has 4 heteroatoms. The minimum atomic E-state index is -0.103. The number of aryl methyl sites for hydroxylation is 1. The molecule has 0 aliphatic rings. The smallest absolute Gasteiger partial charge is 0.0726 e. The van der Waals surface area contributed by atoms with Gasteiger partial charge in [0.15, 0.2) is 0 Å². The lowest BCUT2D eigenvalue weighted by Gasteiger charge is -2.26. The number of hydrogen-bond donors (Lipinski definition) is 0. The fourth-order valence-electron chi connectivity index (χ4n) is 9.14. The average Bonchev–Trinajstić information content (AvgIpc) is 3.75. The second-order valence-corrected chi connectivity index (χ2v) is 18.0. The topological polar surface area (TPSA) is 35.6 Å². The van der Waals surface area contributed by atoms with Crippen molar-refractivity contribution < 1.29 is 0 Å². The molecule has 0 saturated carbocycles. The third-order valence-electron chi connectivity index (χ3n) is 12.0. The van der Waals surface area contributed by atoms with Crippen molar-refractivity contribution in [2.75, 3.05) is 0 Å². The van der Waals surface area contributed by atoms with Crippen molar-refractivity contribution in [1.29, 1.82) is 0 Å². The predicted molar refractivity (Wildman–Crippen MR) is 249 cm³/mol. The number of fused-ring (bicyclic) bond motifs is 6. The molecular formula is C55H48N4. The van der Waals surface area contributed by atoms with Gasteiger partial charge in [-0.25, -0.2) is 0 Å². The number of benzene rings is 6. The summed E-state index contributed by atoms with van der Waals surface area (Å²) in [5.41, 5.74) is 16.9. The van der Waals surface area contributed by atoms with E-state index < -0.39 is 0 Å². The average molecular weight is 765 g/mol. The van der Waals surface area contributed by atoms with Gasteiger partial charge in [-0.2, -0.15) is 0 Å². The summed E-state index contributed by atoms with van der Waals surface area (Å²) in [6.45, 7) is 15.9. The molecule has 0 N–H and O–H groups in total. The lowest BCUT2D eigenvalue weighted by atomic mass is 9.82. The molecule has 59 heavy (non-hydrogen) atoms. The Balaban J connectivity index is 1.05. The third kappa shape index (κ3) is 6.13. The van der Waals surface area contributed by atoms with E-state index in [0.717, 1.165) is 45.0 Å². The van der Waals surface area contributed by atoms with Gasteiger partial charge >= 0.3 is 0 Å². The van der Waals surface area contributed by atoms with E-state index in [1.165, 1.54) is 60.3 Å². The minimum absolute atomic E-state index is 0.0761. The summed E-state index contributed by atoms with van der Waals surface area (Å²) in [6.07, 6.45) is 4.01. The zero-order chi connectivity index (χ0) is 40.6. The van der Waals surface area contributed by atoms with Crippen LogP contribution in [0, 0.1) is 6.92 Å². The monoisotopic (exact) mass is 764 g/mol. The van der Waals surface area contributed by atoms with E-state index in [1.807, 2.05) is 12.4 Å². The van der Waals surface area contributed by atoms with E-state index in [0.29, 0.717) is 0 Å². The van der Waals surface area contributed by atoms with Gasteiger partial charge in [0, 0.05) is 61.9 Å². The Morgan fingerprint density at radius 2 is 0.966 bits per heavy atom. The van der Waals surface area contributed by atoms with Crippen molar-refractivity contribution >= 4 is 43.6 Å². The largest absolute Gasteiger partial charge is 0.309 e. The maximum atomic E-state index is 5.21. The summed E-state index contributed by atoms with van der Waals surface area (Å²) in [4.78, 5) is 10.4. The van der Waals surface area contributed by atoms with Crippen LogP contribution in [-0.2, 0) is 10.8 Å². The highest BCUT2D eigenvalue weighted by molar-refractivity contribution is 6.10. The van der Waals surface area contributed by atoms with Crippen molar-refractivity contribution in [1.82, 2.24) is 19.1 Å². The van der Waals surface area contributed by atoms with Crippen LogP contribution in [0.2, 0.25) is 0 Å². The summed E-state index contributed by atoms with van der Waals surface area (Å²) in [5, 5.41) is 5.03. The summed E-state index contributed by atoms with van der Waals surface area (Å²) in [5.74, 6) is 0. The van der Waals surface area contributed by atoms with Crippen molar-refractivity contribution in [2.24, 2.45) is 0 Å². The molecule has 0 saturated heterocycles. The van der Waals surface area contributed by atoms with Gasteiger partial charge in [-0.05, 0) is 89.5 Å². The second-order valence-electron chi connectivity index (χ2n) is 18.0. The fourth-order valence-corrected chi connectivity index (χ4v) is 9.14. The van der Waals surface area contributed by atoms with Gasteiger partial charge in [0.1, 0.15) is 0 Å². The van der Waals surface area contributed by atoms with Crippen molar-refractivity contribution in [2.45, 2.75) is 59.3 Å². The van der Waals surface area contributed by atoms with E-state index in [1.54, 1.807) is 0 Å². The summed E-state index contributed by atoms with van der Waals surface area (Å²) >= 11 is 0. The molecule has 4 nitrogen and oxygen atoms in total. The Kier molecular flexibility index (Phi) is 8.47. The molecule has 0 aliphatic heterocycles. The molecule has 10 aromatic rings. The summed E-state index contributed by atoms with van der Waals surface area (Å²) in [7, 11) is 0. The number of rotatable bonds is 5. The maximum Gasteiger partial charge on any atom is 0.0726 e. The van der Waals surface area contributed by atoms with Gasteiger partial charge in [0.25, 0.3) is 0 Å². The van der Waals surface area contributed by atoms with E-state index >= 15 is 0 Å². The van der Waals surface area contributed by atoms with Crippen LogP contribution in [0.1, 0.15) is 58.2 Å². The van der Waals surface area contributed by atoms with Gasteiger partial charge in [-0.1, -0.05) is 138 Å². The predicted octanol–water partition coefficient (Wildman–Crippen LogP) is 14.6. The summed E-state index contributed by atoms with van der Waals surface area (Å²) < 4.78 is 4.81. The molecule has 4 heterocycles. The van der Waals surface area contributed by atoms with Crippen LogP contribution >= 0.6 is 0 Å². The highest BCUT2D eigenvalue weighted by atomic mass is 15.0. The SMILES string of the molecule is Cc1ccc2c(c1)c1ccccc1n2-c1ccc(C(C)(C)C)c(-c2ccc(-c3ccc(-c4c(-n5c6ccccc6c6ccccc65)cccc4C(C)(C)C)nc3)cn2)c1. The Morgan fingerprint density at radius 3 is 1.54 bits per heavy atom. The first-order valence-electron chi connectivity index (χ1n) is 20.7. The zero-order valence-electron chi connectivity index (χ0n) is 34.9.